The predicted octanol–water partition coefficient (Wildman–Crippen LogP) is 2.31. The molecule has 1 saturated heterocycles. The highest BCUT2D eigenvalue weighted by molar-refractivity contribution is 7.12. The predicted molar refractivity (Wildman–Crippen MR) is 63.4 cm³/mol. The number of hydrogen-bond acceptors (Lipinski definition) is 3. The molecule has 0 aromatic carbocycles. The molecule has 1 amide bonds. The average Bonchev–Trinajstić information content (AvgIpc) is 2.64. The Hall–Kier alpha value is -1.16. The van der Waals surface area contributed by atoms with Crippen molar-refractivity contribution in [1.29, 1.82) is 0 Å². The SMILES string of the molecule is Cc1ccc(C(C)N2CCC(=O)CC2=O)s1. The van der Waals surface area contributed by atoms with Crippen LogP contribution in [0, 0.1) is 6.92 Å². The Bertz CT molecular complexity index is 424. The van der Waals surface area contributed by atoms with Gasteiger partial charge < -0.3 is 4.90 Å². The lowest BCUT2D eigenvalue weighted by molar-refractivity contribution is -0.141. The lowest BCUT2D eigenvalue weighted by Crippen LogP contribution is -2.40. The van der Waals surface area contributed by atoms with Crippen molar-refractivity contribution in [3.63, 3.8) is 0 Å². The molecule has 1 aromatic rings. The third kappa shape index (κ3) is 2.16. The Kier molecular flexibility index (Phi) is 3.10. The molecule has 1 atom stereocenters. The molecule has 1 fully saturated rings. The number of amides is 1. The summed E-state index contributed by atoms with van der Waals surface area (Å²) in [4.78, 5) is 27.1. The topological polar surface area (TPSA) is 37.4 Å². The molecule has 1 aliphatic heterocycles. The Balaban J connectivity index is 2.13. The molecule has 86 valence electrons. The Morgan fingerprint density at radius 1 is 1.38 bits per heavy atom. The maximum Gasteiger partial charge on any atom is 0.230 e. The minimum Gasteiger partial charge on any atom is -0.334 e. The van der Waals surface area contributed by atoms with Crippen LogP contribution < -0.4 is 0 Å². The van der Waals surface area contributed by atoms with E-state index in [1.165, 1.54) is 9.75 Å². The summed E-state index contributed by atoms with van der Waals surface area (Å²) in [6.07, 6.45) is 0.579. The molecule has 0 spiro atoms. The fourth-order valence-electron chi connectivity index (χ4n) is 1.97. The summed E-state index contributed by atoms with van der Waals surface area (Å²) in [5.74, 6) is 0.0330. The molecular weight excluding hydrogens is 222 g/mol. The van der Waals surface area contributed by atoms with Gasteiger partial charge in [-0.2, -0.15) is 0 Å². The smallest absolute Gasteiger partial charge is 0.230 e. The molecule has 0 radical (unpaired) electrons. The van der Waals surface area contributed by atoms with E-state index in [9.17, 15) is 9.59 Å². The van der Waals surface area contributed by atoms with Crippen molar-refractivity contribution in [2.45, 2.75) is 32.7 Å². The zero-order valence-electron chi connectivity index (χ0n) is 9.53. The lowest BCUT2D eigenvalue weighted by Gasteiger charge is -2.31. The van der Waals surface area contributed by atoms with E-state index in [0.717, 1.165) is 0 Å². The molecule has 0 bridgehead atoms. The number of thiophene rings is 1. The highest BCUT2D eigenvalue weighted by atomic mass is 32.1. The van der Waals surface area contributed by atoms with E-state index in [-0.39, 0.29) is 24.2 Å². The van der Waals surface area contributed by atoms with Gasteiger partial charge in [-0.05, 0) is 26.0 Å². The van der Waals surface area contributed by atoms with Crippen LogP contribution in [0.25, 0.3) is 0 Å². The Morgan fingerprint density at radius 2 is 2.12 bits per heavy atom. The molecule has 0 aliphatic carbocycles. The van der Waals surface area contributed by atoms with Gasteiger partial charge in [0, 0.05) is 22.7 Å². The van der Waals surface area contributed by atoms with Crippen LogP contribution in [0.3, 0.4) is 0 Å². The molecule has 3 nitrogen and oxygen atoms in total. The second kappa shape index (κ2) is 4.37. The van der Waals surface area contributed by atoms with Crippen molar-refractivity contribution >= 4 is 23.0 Å². The summed E-state index contributed by atoms with van der Waals surface area (Å²) >= 11 is 1.71. The van der Waals surface area contributed by atoms with Gasteiger partial charge in [-0.15, -0.1) is 11.3 Å². The highest BCUT2D eigenvalue weighted by Gasteiger charge is 2.28. The summed E-state index contributed by atoms with van der Waals surface area (Å²) in [7, 11) is 0. The minimum atomic E-state index is -0.0326. The monoisotopic (exact) mass is 237 g/mol. The van der Waals surface area contributed by atoms with Gasteiger partial charge in [-0.25, -0.2) is 0 Å². The van der Waals surface area contributed by atoms with E-state index in [4.69, 9.17) is 0 Å². The first-order valence-electron chi connectivity index (χ1n) is 5.45. The number of Topliss-reactive ketones (excluding diaryl/α,β-unsaturated/α-hetero) is 1. The minimum absolute atomic E-state index is 0.0326. The Labute approximate surface area is 99.1 Å². The molecule has 4 heteroatoms. The van der Waals surface area contributed by atoms with Crippen LogP contribution >= 0.6 is 11.3 Å². The fourth-order valence-corrected chi connectivity index (χ4v) is 2.91. The van der Waals surface area contributed by atoms with Gasteiger partial charge in [0.1, 0.15) is 5.78 Å². The summed E-state index contributed by atoms with van der Waals surface area (Å²) in [5, 5.41) is 0. The van der Waals surface area contributed by atoms with Crippen molar-refractivity contribution in [2.24, 2.45) is 0 Å². The van der Waals surface area contributed by atoms with Crippen LogP contribution in [-0.4, -0.2) is 23.1 Å². The summed E-state index contributed by atoms with van der Waals surface area (Å²) in [6.45, 7) is 4.65. The Morgan fingerprint density at radius 3 is 2.69 bits per heavy atom. The molecule has 1 aromatic heterocycles. The number of piperidine rings is 1. The first kappa shape index (κ1) is 11.3. The summed E-state index contributed by atoms with van der Waals surface area (Å²) in [6, 6.07) is 4.23. The maximum atomic E-state index is 11.7. The molecule has 0 saturated carbocycles. The number of rotatable bonds is 2. The highest BCUT2D eigenvalue weighted by Crippen LogP contribution is 2.29. The van der Waals surface area contributed by atoms with Gasteiger partial charge in [0.2, 0.25) is 5.91 Å². The number of aryl methyl sites for hydroxylation is 1. The van der Waals surface area contributed by atoms with Gasteiger partial charge in [-0.3, -0.25) is 9.59 Å². The van der Waals surface area contributed by atoms with Crippen molar-refractivity contribution in [3.8, 4) is 0 Å². The molecule has 1 aliphatic rings. The van der Waals surface area contributed by atoms with Crippen LogP contribution in [0.15, 0.2) is 12.1 Å². The van der Waals surface area contributed by atoms with Crippen LogP contribution in [-0.2, 0) is 9.59 Å². The van der Waals surface area contributed by atoms with Gasteiger partial charge >= 0.3 is 0 Å². The van der Waals surface area contributed by atoms with Crippen LogP contribution in [0.4, 0.5) is 0 Å². The number of hydrogen-bond donors (Lipinski definition) is 0. The van der Waals surface area contributed by atoms with Gasteiger partial charge in [0.15, 0.2) is 0 Å². The van der Waals surface area contributed by atoms with E-state index in [1.54, 1.807) is 11.3 Å². The van der Waals surface area contributed by atoms with E-state index in [1.807, 2.05) is 11.8 Å². The molecular formula is C12H15NO2S. The van der Waals surface area contributed by atoms with E-state index < -0.39 is 0 Å². The van der Waals surface area contributed by atoms with Gasteiger partial charge in [0.05, 0.1) is 12.5 Å². The standard InChI is InChI=1S/C12H15NO2S/c1-8-3-4-11(16-8)9(2)13-6-5-10(14)7-12(13)15/h3-4,9H,5-7H2,1-2H3. The zero-order chi connectivity index (χ0) is 11.7. The molecule has 2 heterocycles. The van der Waals surface area contributed by atoms with Crippen LogP contribution in [0.1, 0.15) is 35.6 Å². The van der Waals surface area contributed by atoms with Crippen molar-refractivity contribution < 1.29 is 9.59 Å². The van der Waals surface area contributed by atoms with Gasteiger partial charge in [-0.1, -0.05) is 0 Å². The maximum absolute atomic E-state index is 11.7. The average molecular weight is 237 g/mol. The lowest BCUT2D eigenvalue weighted by atomic mass is 10.1. The van der Waals surface area contributed by atoms with Crippen LogP contribution in [0.5, 0.6) is 0 Å². The second-order valence-corrected chi connectivity index (χ2v) is 5.50. The molecule has 0 N–H and O–H groups in total. The van der Waals surface area contributed by atoms with Crippen LogP contribution in [0.2, 0.25) is 0 Å². The normalized spacial score (nSPS) is 19.0. The first-order chi connectivity index (χ1) is 7.58. The quantitative estimate of drug-likeness (QED) is 0.740. The number of carbonyl (C=O) groups is 2. The largest absolute Gasteiger partial charge is 0.334 e. The third-order valence-corrected chi connectivity index (χ3v) is 4.11. The van der Waals surface area contributed by atoms with E-state index in [2.05, 4.69) is 19.1 Å². The summed E-state index contributed by atoms with van der Waals surface area (Å²) < 4.78 is 0. The second-order valence-electron chi connectivity index (χ2n) is 4.18. The number of carbonyl (C=O) groups excluding carboxylic acids is 2. The molecule has 2 rings (SSSR count). The number of likely N-dealkylation sites (tertiary alicyclic amines) is 1. The summed E-state index contributed by atoms with van der Waals surface area (Å²) in [5.41, 5.74) is 0. The first-order valence-corrected chi connectivity index (χ1v) is 6.27. The molecule has 16 heavy (non-hydrogen) atoms. The van der Waals surface area contributed by atoms with Crippen molar-refractivity contribution in [1.82, 2.24) is 4.90 Å². The fraction of sp³-hybridized carbons (Fsp3) is 0.500. The van der Waals surface area contributed by atoms with Gasteiger partial charge in [0.25, 0.3) is 0 Å². The van der Waals surface area contributed by atoms with Crippen molar-refractivity contribution in [2.75, 3.05) is 6.54 Å². The third-order valence-electron chi connectivity index (χ3n) is 2.94. The van der Waals surface area contributed by atoms with Crippen molar-refractivity contribution in [3.05, 3.63) is 21.9 Å². The number of ketones is 1. The number of nitrogens with zero attached hydrogens (tertiary/aromatic N) is 1. The zero-order valence-corrected chi connectivity index (χ0v) is 10.3. The van der Waals surface area contributed by atoms with E-state index >= 15 is 0 Å². The molecule has 1 unspecified atom stereocenters. The van der Waals surface area contributed by atoms with E-state index in [0.29, 0.717) is 13.0 Å².